The van der Waals surface area contributed by atoms with Gasteiger partial charge in [0.1, 0.15) is 5.69 Å². The molecule has 3 aromatic rings. The number of carbonyl (C=O) groups is 1. The minimum atomic E-state index is -0.125. The fourth-order valence-electron chi connectivity index (χ4n) is 3.67. The van der Waals surface area contributed by atoms with Crippen LogP contribution < -0.4 is 10.5 Å². The molecule has 0 saturated carbocycles. The van der Waals surface area contributed by atoms with Crippen molar-refractivity contribution in [2.75, 3.05) is 32.1 Å². The summed E-state index contributed by atoms with van der Waals surface area (Å²) in [5, 5.41) is 6.60. The molecule has 6 nitrogen and oxygen atoms in total. The minimum absolute atomic E-state index is 0.00228. The Hall–Kier alpha value is -2.93. The summed E-state index contributed by atoms with van der Waals surface area (Å²) in [6, 6.07) is 14.8. The lowest BCUT2D eigenvalue weighted by Gasteiger charge is -2.33. The predicted octanol–water partition coefficient (Wildman–Crippen LogP) is 3.52. The third-order valence-corrected chi connectivity index (χ3v) is 6.15. The van der Waals surface area contributed by atoms with E-state index < -0.39 is 0 Å². The fourth-order valence-corrected chi connectivity index (χ4v) is 4.36. The van der Waals surface area contributed by atoms with Crippen LogP contribution in [0.5, 0.6) is 0 Å². The summed E-state index contributed by atoms with van der Waals surface area (Å²) in [5.74, 6) is 0.00228. The molecule has 3 heterocycles. The van der Waals surface area contributed by atoms with E-state index >= 15 is 0 Å². The molecule has 1 saturated heterocycles. The van der Waals surface area contributed by atoms with Gasteiger partial charge in [-0.25, -0.2) is 4.68 Å². The van der Waals surface area contributed by atoms with Crippen molar-refractivity contribution < 1.29 is 4.79 Å². The highest BCUT2D eigenvalue weighted by atomic mass is 32.1. The van der Waals surface area contributed by atoms with Crippen molar-refractivity contribution in [3.05, 3.63) is 69.8 Å². The van der Waals surface area contributed by atoms with Crippen LogP contribution in [0, 0.1) is 0 Å². The molecule has 1 aliphatic heterocycles. The maximum absolute atomic E-state index is 13.0. The average Bonchev–Trinajstić information content (AvgIpc) is 3.28. The molecule has 0 bridgehead atoms. The van der Waals surface area contributed by atoms with Gasteiger partial charge in [0.2, 0.25) is 0 Å². The monoisotopic (exact) mass is 408 g/mol. The lowest BCUT2D eigenvalue weighted by atomic mass is 10.0. The molecule has 1 aliphatic rings. The Bertz CT molecular complexity index is 1040. The number of thiophene rings is 1. The number of piperidine rings is 1. The summed E-state index contributed by atoms with van der Waals surface area (Å²) in [7, 11) is 3.95. The molecule has 0 radical (unpaired) electrons. The molecule has 1 aromatic carbocycles. The van der Waals surface area contributed by atoms with E-state index in [-0.39, 0.29) is 17.5 Å². The number of carbonyl (C=O) groups excluding carboxylic acids is 1. The van der Waals surface area contributed by atoms with Gasteiger partial charge >= 0.3 is 0 Å². The SMILES string of the molecule is CN(C)c1ccc(C(=O)N2CCCC(n3nc(-c4cccs4)ccc3=O)C2)cc1. The van der Waals surface area contributed by atoms with Gasteiger partial charge in [-0.15, -0.1) is 11.3 Å². The van der Waals surface area contributed by atoms with Crippen LogP contribution in [0.2, 0.25) is 0 Å². The molecule has 2 aromatic heterocycles. The number of hydrogen-bond donors (Lipinski definition) is 0. The van der Waals surface area contributed by atoms with Crippen molar-refractivity contribution in [1.82, 2.24) is 14.7 Å². The lowest BCUT2D eigenvalue weighted by molar-refractivity contribution is 0.0670. The maximum Gasteiger partial charge on any atom is 0.267 e. The molecule has 4 rings (SSSR count). The highest BCUT2D eigenvalue weighted by Gasteiger charge is 2.27. The Labute approximate surface area is 174 Å². The molecule has 0 spiro atoms. The van der Waals surface area contributed by atoms with Gasteiger partial charge in [-0.2, -0.15) is 5.10 Å². The van der Waals surface area contributed by atoms with Crippen molar-refractivity contribution in [2.45, 2.75) is 18.9 Å². The Balaban J connectivity index is 1.55. The van der Waals surface area contributed by atoms with Gasteiger partial charge in [0.15, 0.2) is 0 Å². The fraction of sp³-hybridized carbons (Fsp3) is 0.318. The largest absolute Gasteiger partial charge is 0.378 e. The van der Waals surface area contributed by atoms with Crippen LogP contribution in [0.25, 0.3) is 10.6 Å². The zero-order valence-corrected chi connectivity index (χ0v) is 17.4. The summed E-state index contributed by atoms with van der Waals surface area (Å²) in [6.07, 6.45) is 1.69. The normalized spacial score (nSPS) is 16.6. The zero-order chi connectivity index (χ0) is 20.4. The van der Waals surface area contributed by atoms with Crippen LogP contribution in [-0.2, 0) is 0 Å². The first kappa shape index (κ1) is 19.4. The van der Waals surface area contributed by atoms with Gasteiger partial charge in [0, 0.05) is 44.5 Å². The van der Waals surface area contributed by atoms with E-state index in [0.29, 0.717) is 18.7 Å². The van der Waals surface area contributed by atoms with Crippen LogP contribution in [-0.4, -0.2) is 47.8 Å². The topological polar surface area (TPSA) is 58.4 Å². The maximum atomic E-state index is 13.0. The van der Waals surface area contributed by atoms with Crippen molar-refractivity contribution in [3.63, 3.8) is 0 Å². The molecule has 1 amide bonds. The quantitative estimate of drug-likeness (QED) is 0.663. The average molecular weight is 409 g/mol. The van der Waals surface area contributed by atoms with Crippen molar-refractivity contribution >= 4 is 22.9 Å². The number of amides is 1. The van der Waals surface area contributed by atoms with Crippen molar-refractivity contribution in [3.8, 4) is 10.6 Å². The Morgan fingerprint density at radius 1 is 1.14 bits per heavy atom. The second-order valence-electron chi connectivity index (χ2n) is 7.47. The van der Waals surface area contributed by atoms with Crippen LogP contribution in [0.15, 0.2) is 58.7 Å². The minimum Gasteiger partial charge on any atom is -0.378 e. The summed E-state index contributed by atoms with van der Waals surface area (Å²) >= 11 is 1.60. The van der Waals surface area contributed by atoms with Gasteiger partial charge in [-0.1, -0.05) is 6.07 Å². The van der Waals surface area contributed by atoms with E-state index in [4.69, 9.17) is 0 Å². The summed E-state index contributed by atoms with van der Waals surface area (Å²) < 4.78 is 1.56. The summed E-state index contributed by atoms with van der Waals surface area (Å²) in [4.78, 5) is 30.4. The van der Waals surface area contributed by atoms with Crippen molar-refractivity contribution in [2.24, 2.45) is 0 Å². The highest BCUT2D eigenvalue weighted by Crippen LogP contribution is 2.25. The lowest BCUT2D eigenvalue weighted by Crippen LogP contribution is -2.43. The molecular weight excluding hydrogens is 384 g/mol. The number of nitrogens with zero attached hydrogens (tertiary/aromatic N) is 4. The van der Waals surface area contributed by atoms with Crippen LogP contribution in [0.3, 0.4) is 0 Å². The molecule has 1 fully saturated rings. The van der Waals surface area contributed by atoms with Crippen molar-refractivity contribution in [1.29, 1.82) is 0 Å². The van der Waals surface area contributed by atoms with Gasteiger partial charge in [-0.05, 0) is 54.6 Å². The van der Waals surface area contributed by atoms with Gasteiger partial charge in [-0.3, -0.25) is 9.59 Å². The summed E-state index contributed by atoms with van der Waals surface area (Å²) in [6.45, 7) is 1.19. The number of hydrogen-bond acceptors (Lipinski definition) is 5. The number of benzene rings is 1. The van der Waals surface area contributed by atoms with E-state index in [1.165, 1.54) is 0 Å². The molecule has 29 heavy (non-hydrogen) atoms. The number of likely N-dealkylation sites (tertiary alicyclic amines) is 1. The third-order valence-electron chi connectivity index (χ3n) is 5.26. The molecule has 0 N–H and O–H groups in total. The molecular formula is C22H24N4O2S. The molecule has 1 atom stereocenters. The van der Waals surface area contributed by atoms with Crippen LogP contribution in [0.4, 0.5) is 5.69 Å². The number of anilines is 1. The first-order chi connectivity index (χ1) is 14.0. The number of rotatable bonds is 4. The van der Waals surface area contributed by atoms with E-state index in [2.05, 4.69) is 5.10 Å². The molecule has 0 aliphatic carbocycles. The highest BCUT2D eigenvalue weighted by molar-refractivity contribution is 7.13. The van der Waals surface area contributed by atoms with Crippen LogP contribution >= 0.6 is 11.3 Å². The Morgan fingerprint density at radius 3 is 2.62 bits per heavy atom. The molecule has 150 valence electrons. The molecule has 7 heteroatoms. The van der Waals surface area contributed by atoms with Gasteiger partial charge < -0.3 is 9.80 Å². The standard InChI is InChI=1S/C22H24N4O2S/c1-24(2)17-9-7-16(8-10-17)22(28)25-13-3-5-18(15-25)26-21(27)12-11-19(23-26)20-6-4-14-29-20/h4,6-12,14,18H,3,5,13,15H2,1-2H3. The Morgan fingerprint density at radius 2 is 1.93 bits per heavy atom. The second kappa shape index (κ2) is 8.21. The van der Waals surface area contributed by atoms with E-state index in [1.807, 2.05) is 65.7 Å². The Kier molecular flexibility index (Phi) is 5.49. The first-order valence-corrected chi connectivity index (χ1v) is 10.6. The van der Waals surface area contributed by atoms with E-state index in [1.54, 1.807) is 28.2 Å². The summed E-state index contributed by atoms with van der Waals surface area (Å²) in [5.41, 5.74) is 2.39. The van der Waals surface area contributed by atoms with Crippen LogP contribution in [0.1, 0.15) is 29.2 Å². The second-order valence-corrected chi connectivity index (χ2v) is 8.41. The smallest absolute Gasteiger partial charge is 0.267 e. The van der Waals surface area contributed by atoms with Gasteiger partial charge in [0.05, 0.1) is 10.9 Å². The van der Waals surface area contributed by atoms with Gasteiger partial charge in [0.25, 0.3) is 11.5 Å². The zero-order valence-electron chi connectivity index (χ0n) is 16.6. The third kappa shape index (κ3) is 4.10. The van der Waals surface area contributed by atoms with E-state index in [9.17, 15) is 9.59 Å². The van der Waals surface area contributed by atoms with E-state index in [0.717, 1.165) is 29.1 Å². The molecule has 1 unspecified atom stereocenters. The predicted molar refractivity (Wildman–Crippen MR) is 117 cm³/mol. The number of aromatic nitrogens is 2. The first-order valence-electron chi connectivity index (χ1n) is 9.73.